The van der Waals surface area contributed by atoms with Crippen molar-refractivity contribution in [1.29, 1.82) is 0 Å². The van der Waals surface area contributed by atoms with E-state index in [1.165, 1.54) is 4.57 Å². The lowest BCUT2D eigenvalue weighted by Gasteiger charge is -2.05. The first kappa shape index (κ1) is 10.6. The van der Waals surface area contributed by atoms with E-state index in [9.17, 15) is 14.5 Å². The number of hydrogen-bond acceptors (Lipinski definition) is 4. The number of nitro groups is 1. The van der Waals surface area contributed by atoms with E-state index in [1.807, 2.05) is 0 Å². The van der Waals surface area contributed by atoms with Crippen LogP contribution in [0.5, 0.6) is 0 Å². The second-order valence-electron chi connectivity index (χ2n) is 2.84. The van der Waals surface area contributed by atoms with Gasteiger partial charge >= 0.3 is 5.82 Å². The minimum atomic E-state index is -1.23. The molecule has 0 saturated carbocycles. The van der Waals surface area contributed by atoms with E-state index in [0.29, 0.717) is 5.82 Å². The predicted octanol–water partition coefficient (Wildman–Crippen LogP) is 0.430. The number of nitrogens with zero attached hydrogens (tertiary/aromatic N) is 3. The van der Waals surface area contributed by atoms with Crippen LogP contribution in [-0.4, -0.2) is 32.4 Å². The summed E-state index contributed by atoms with van der Waals surface area (Å²) in [6, 6.07) is 0. The van der Waals surface area contributed by atoms with Gasteiger partial charge in [-0.1, -0.05) is 0 Å². The molecule has 0 aliphatic heterocycles. The van der Waals surface area contributed by atoms with Crippen molar-refractivity contribution in [3.05, 3.63) is 22.1 Å². The van der Waals surface area contributed by atoms with Crippen LogP contribution < -0.4 is 0 Å². The molecule has 1 aromatic rings. The van der Waals surface area contributed by atoms with Gasteiger partial charge in [0.05, 0.1) is 0 Å². The molecule has 14 heavy (non-hydrogen) atoms. The molecular weight excluding hydrogens is 193 g/mol. The van der Waals surface area contributed by atoms with Crippen LogP contribution >= 0.6 is 0 Å². The van der Waals surface area contributed by atoms with E-state index in [1.54, 1.807) is 6.92 Å². The molecule has 0 radical (unpaired) electrons. The van der Waals surface area contributed by atoms with E-state index < -0.39 is 17.7 Å². The molecule has 78 valence electrons. The largest absolute Gasteiger partial charge is 0.386 e. The van der Waals surface area contributed by atoms with E-state index in [-0.39, 0.29) is 12.4 Å². The molecule has 0 saturated heterocycles. The first-order valence-electron chi connectivity index (χ1n) is 3.96. The lowest BCUT2D eigenvalue weighted by Crippen LogP contribution is -2.19. The quantitative estimate of drug-likeness (QED) is 0.568. The van der Waals surface area contributed by atoms with Gasteiger partial charge < -0.3 is 15.2 Å². The van der Waals surface area contributed by atoms with Crippen molar-refractivity contribution in [2.75, 3.05) is 6.67 Å². The highest BCUT2D eigenvalue weighted by Crippen LogP contribution is 2.14. The van der Waals surface area contributed by atoms with Crippen LogP contribution in [0.25, 0.3) is 0 Å². The van der Waals surface area contributed by atoms with Gasteiger partial charge in [0.25, 0.3) is 0 Å². The summed E-state index contributed by atoms with van der Waals surface area (Å²) in [5.74, 6) is 0.138. The number of aromatic nitrogens is 2. The third-order valence-corrected chi connectivity index (χ3v) is 1.79. The normalized spacial score (nSPS) is 12.8. The summed E-state index contributed by atoms with van der Waals surface area (Å²) >= 11 is 0. The molecule has 0 unspecified atom stereocenters. The minimum Gasteiger partial charge on any atom is -0.386 e. The molecule has 7 heteroatoms. The first-order valence-corrected chi connectivity index (χ1v) is 3.96. The van der Waals surface area contributed by atoms with Gasteiger partial charge in [0.1, 0.15) is 25.5 Å². The summed E-state index contributed by atoms with van der Waals surface area (Å²) in [5.41, 5.74) is 0. The number of halogens is 1. The van der Waals surface area contributed by atoms with Gasteiger partial charge in [-0.3, -0.25) is 0 Å². The van der Waals surface area contributed by atoms with E-state index >= 15 is 0 Å². The number of aryl methyl sites for hydroxylation is 1. The molecule has 0 aliphatic carbocycles. The second kappa shape index (κ2) is 4.14. The molecule has 1 atom stereocenters. The van der Waals surface area contributed by atoms with Crippen LogP contribution in [0.4, 0.5) is 10.2 Å². The standard InChI is InChI=1S/C7H10FN3O3/c1-5-9-3-7(11(13)14)10(5)4-6(12)2-8/h3,6,12H,2,4H2,1H3/t6-/m0/s1. The van der Waals surface area contributed by atoms with Crippen molar-refractivity contribution in [3.63, 3.8) is 0 Å². The maximum absolute atomic E-state index is 12.0. The van der Waals surface area contributed by atoms with Crippen molar-refractivity contribution < 1.29 is 14.4 Å². The Bertz CT molecular complexity index is 339. The Morgan fingerprint density at radius 2 is 2.50 bits per heavy atom. The summed E-state index contributed by atoms with van der Waals surface area (Å²) in [5, 5.41) is 19.5. The number of aliphatic hydroxyl groups is 1. The van der Waals surface area contributed by atoms with Crippen LogP contribution in [0, 0.1) is 17.0 Å². The maximum atomic E-state index is 12.0. The molecule has 0 fully saturated rings. The molecule has 0 amide bonds. The Morgan fingerprint density at radius 3 is 3.00 bits per heavy atom. The SMILES string of the molecule is Cc1ncc([N+](=O)[O-])n1C[C@@H](O)CF. The Labute approximate surface area is 79.1 Å². The van der Waals surface area contributed by atoms with Crippen LogP contribution in [0.3, 0.4) is 0 Å². The second-order valence-corrected chi connectivity index (χ2v) is 2.84. The molecule has 1 rings (SSSR count). The average molecular weight is 203 g/mol. The van der Waals surface area contributed by atoms with Crippen molar-refractivity contribution in [1.82, 2.24) is 9.55 Å². The first-order chi connectivity index (χ1) is 6.56. The average Bonchev–Trinajstić information content (AvgIpc) is 2.48. The molecule has 6 nitrogen and oxygen atoms in total. The van der Waals surface area contributed by atoms with Crippen LogP contribution in [-0.2, 0) is 6.54 Å². The Balaban J connectivity index is 2.93. The highest BCUT2D eigenvalue weighted by atomic mass is 19.1. The third kappa shape index (κ3) is 2.05. The summed E-state index contributed by atoms with van der Waals surface area (Å²) in [4.78, 5) is 13.6. The van der Waals surface area contributed by atoms with Gasteiger partial charge in [0, 0.05) is 6.92 Å². The minimum absolute atomic E-state index is 0.154. The molecular formula is C7H10FN3O3. The Kier molecular flexibility index (Phi) is 3.13. The Morgan fingerprint density at radius 1 is 1.86 bits per heavy atom. The summed E-state index contributed by atoms with van der Waals surface area (Å²) in [7, 11) is 0. The van der Waals surface area contributed by atoms with Crippen molar-refractivity contribution in [3.8, 4) is 0 Å². The Hall–Kier alpha value is -1.50. The summed E-state index contributed by atoms with van der Waals surface area (Å²) < 4.78 is 13.2. The van der Waals surface area contributed by atoms with Crippen molar-refractivity contribution in [2.45, 2.75) is 19.6 Å². The molecule has 0 aromatic carbocycles. The van der Waals surface area contributed by atoms with E-state index in [2.05, 4.69) is 4.98 Å². The fraction of sp³-hybridized carbons (Fsp3) is 0.571. The zero-order valence-corrected chi connectivity index (χ0v) is 7.55. The molecule has 0 aliphatic rings. The highest BCUT2D eigenvalue weighted by Gasteiger charge is 2.20. The predicted molar refractivity (Wildman–Crippen MR) is 45.6 cm³/mol. The molecule has 1 aromatic heterocycles. The lowest BCUT2D eigenvalue weighted by atomic mass is 10.4. The maximum Gasteiger partial charge on any atom is 0.342 e. The number of alkyl halides is 1. The molecule has 0 bridgehead atoms. The van der Waals surface area contributed by atoms with E-state index in [0.717, 1.165) is 6.20 Å². The smallest absolute Gasteiger partial charge is 0.342 e. The summed E-state index contributed by atoms with van der Waals surface area (Å²) in [6.07, 6.45) is -0.151. The van der Waals surface area contributed by atoms with Gasteiger partial charge in [0.2, 0.25) is 0 Å². The van der Waals surface area contributed by atoms with Gasteiger partial charge in [0.15, 0.2) is 5.82 Å². The molecule has 1 heterocycles. The number of imidazole rings is 1. The van der Waals surface area contributed by atoms with Gasteiger partial charge in [-0.05, 0) is 4.92 Å². The highest BCUT2D eigenvalue weighted by molar-refractivity contribution is 5.18. The fourth-order valence-electron chi connectivity index (χ4n) is 1.09. The monoisotopic (exact) mass is 203 g/mol. The van der Waals surface area contributed by atoms with E-state index in [4.69, 9.17) is 5.11 Å². The lowest BCUT2D eigenvalue weighted by molar-refractivity contribution is -0.392. The number of hydrogen-bond donors (Lipinski definition) is 1. The number of rotatable bonds is 4. The number of aliphatic hydroxyl groups excluding tert-OH is 1. The van der Waals surface area contributed by atoms with Crippen LogP contribution in [0.15, 0.2) is 6.20 Å². The van der Waals surface area contributed by atoms with Gasteiger partial charge in [-0.2, -0.15) is 0 Å². The summed E-state index contributed by atoms with van der Waals surface area (Å²) in [6.45, 7) is 0.464. The van der Waals surface area contributed by atoms with Crippen LogP contribution in [0.1, 0.15) is 5.82 Å². The van der Waals surface area contributed by atoms with Crippen molar-refractivity contribution in [2.24, 2.45) is 0 Å². The third-order valence-electron chi connectivity index (χ3n) is 1.79. The zero-order chi connectivity index (χ0) is 10.7. The van der Waals surface area contributed by atoms with Gasteiger partial charge in [-0.15, -0.1) is 0 Å². The zero-order valence-electron chi connectivity index (χ0n) is 7.55. The fourth-order valence-corrected chi connectivity index (χ4v) is 1.09. The topological polar surface area (TPSA) is 81.2 Å². The molecule has 1 N–H and O–H groups in total. The molecule has 0 spiro atoms. The van der Waals surface area contributed by atoms with Crippen LogP contribution in [0.2, 0.25) is 0 Å². The van der Waals surface area contributed by atoms with Crippen molar-refractivity contribution >= 4 is 5.82 Å². The van der Waals surface area contributed by atoms with Gasteiger partial charge in [-0.25, -0.2) is 13.9 Å².